The van der Waals surface area contributed by atoms with Gasteiger partial charge in [0.15, 0.2) is 0 Å². The number of hydrogen-bond acceptors (Lipinski definition) is 5. The molecule has 2 rings (SSSR count). The predicted octanol–water partition coefficient (Wildman–Crippen LogP) is 0.957. The molecule has 0 aliphatic carbocycles. The first-order chi connectivity index (χ1) is 8.76. The SMILES string of the molecule is COCCOc1cc(OC)c2c(=O)[nH]cnc2c1. The van der Waals surface area contributed by atoms with Crippen LogP contribution in [0, 0.1) is 0 Å². The topological polar surface area (TPSA) is 73.4 Å². The molecule has 0 saturated carbocycles. The van der Waals surface area contributed by atoms with Gasteiger partial charge in [-0.1, -0.05) is 0 Å². The molecule has 6 nitrogen and oxygen atoms in total. The van der Waals surface area contributed by atoms with Gasteiger partial charge >= 0.3 is 0 Å². The highest BCUT2D eigenvalue weighted by atomic mass is 16.5. The first-order valence-electron chi connectivity index (χ1n) is 5.43. The zero-order valence-corrected chi connectivity index (χ0v) is 10.2. The van der Waals surface area contributed by atoms with Gasteiger partial charge in [-0.2, -0.15) is 0 Å². The van der Waals surface area contributed by atoms with E-state index < -0.39 is 0 Å². The summed E-state index contributed by atoms with van der Waals surface area (Å²) in [6.45, 7) is 0.914. The van der Waals surface area contributed by atoms with Gasteiger partial charge in [-0.15, -0.1) is 0 Å². The fourth-order valence-electron chi connectivity index (χ4n) is 1.63. The van der Waals surface area contributed by atoms with Gasteiger partial charge in [0, 0.05) is 19.2 Å². The van der Waals surface area contributed by atoms with Crippen molar-refractivity contribution in [3.05, 3.63) is 28.8 Å². The highest BCUT2D eigenvalue weighted by Gasteiger charge is 2.09. The van der Waals surface area contributed by atoms with E-state index >= 15 is 0 Å². The van der Waals surface area contributed by atoms with Crippen LogP contribution in [0.3, 0.4) is 0 Å². The number of benzene rings is 1. The lowest BCUT2D eigenvalue weighted by Crippen LogP contribution is -2.09. The van der Waals surface area contributed by atoms with Crippen molar-refractivity contribution in [3.8, 4) is 11.5 Å². The minimum Gasteiger partial charge on any atom is -0.496 e. The molecule has 18 heavy (non-hydrogen) atoms. The molecule has 0 aliphatic heterocycles. The number of hydrogen-bond donors (Lipinski definition) is 1. The van der Waals surface area contributed by atoms with Crippen molar-refractivity contribution in [1.29, 1.82) is 0 Å². The van der Waals surface area contributed by atoms with E-state index in [9.17, 15) is 4.79 Å². The molecule has 0 bridgehead atoms. The maximum absolute atomic E-state index is 11.7. The molecule has 0 fully saturated rings. The number of aromatic nitrogens is 2. The molecule has 0 amide bonds. The van der Waals surface area contributed by atoms with E-state index in [1.165, 1.54) is 13.4 Å². The van der Waals surface area contributed by atoms with Crippen LogP contribution in [0.1, 0.15) is 0 Å². The standard InChI is InChI=1S/C12H14N2O4/c1-16-3-4-18-8-5-9-11(10(6-8)17-2)12(15)14-7-13-9/h5-7H,3-4H2,1-2H3,(H,13,14,15). The molecule has 0 radical (unpaired) electrons. The zero-order valence-electron chi connectivity index (χ0n) is 10.2. The van der Waals surface area contributed by atoms with Crippen molar-refractivity contribution in [2.24, 2.45) is 0 Å². The van der Waals surface area contributed by atoms with E-state index in [2.05, 4.69) is 9.97 Å². The van der Waals surface area contributed by atoms with E-state index in [0.717, 1.165) is 0 Å². The maximum Gasteiger partial charge on any atom is 0.262 e. The number of nitrogens with one attached hydrogen (secondary N) is 1. The first kappa shape index (κ1) is 12.4. The number of nitrogens with zero attached hydrogens (tertiary/aromatic N) is 1. The van der Waals surface area contributed by atoms with Gasteiger partial charge in [0.1, 0.15) is 23.5 Å². The van der Waals surface area contributed by atoms with Crippen molar-refractivity contribution in [2.45, 2.75) is 0 Å². The summed E-state index contributed by atoms with van der Waals surface area (Å²) in [5.41, 5.74) is 0.297. The average Bonchev–Trinajstić information content (AvgIpc) is 2.38. The lowest BCUT2D eigenvalue weighted by molar-refractivity contribution is 0.146. The molecule has 1 N–H and O–H groups in total. The van der Waals surface area contributed by atoms with Gasteiger partial charge in [0.2, 0.25) is 0 Å². The van der Waals surface area contributed by atoms with Gasteiger partial charge in [-0.05, 0) is 0 Å². The van der Waals surface area contributed by atoms with Crippen LogP contribution in [0.5, 0.6) is 11.5 Å². The molecule has 0 saturated heterocycles. The van der Waals surface area contributed by atoms with Gasteiger partial charge in [-0.25, -0.2) is 4.98 Å². The third-order valence-electron chi connectivity index (χ3n) is 2.46. The van der Waals surface area contributed by atoms with Crippen LogP contribution < -0.4 is 15.0 Å². The molecule has 0 spiro atoms. The second kappa shape index (κ2) is 5.50. The molecule has 6 heteroatoms. The molecular weight excluding hydrogens is 236 g/mol. The van der Waals surface area contributed by atoms with Crippen molar-refractivity contribution < 1.29 is 14.2 Å². The summed E-state index contributed by atoms with van der Waals surface area (Å²) in [7, 11) is 3.10. The number of rotatable bonds is 5. The second-order valence-corrected chi connectivity index (χ2v) is 3.59. The van der Waals surface area contributed by atoms with E-state index in [1.807, 2.05) is 0 Å². The Morgan fingerprint density at radius 3 is 2.83 bits per heavy atom. The Morgan fingerprint density at radius 1 is 1.28 bits per heavy atom. The summed E-state index contributed by atoms with van der Waals surface area (Å²) in [6.07, 6.45) is 1.35. The fourth-order valence-corrected chi connectivity index (χ4v) is 1.63. The molecule has 0 aliphatic rings. The molecule has 2 aromatic rings. The summed E-state index contributed by atoms with van der Waals surface area (Å²) in [5, 5.41) is 0.416. The first-order valence-corrected chi connectivity index (χ1v) is 5.43. The third kappa shape index (κ3) is 2.43. The molecule has 1 heterocycles. The van der Waals surface area contributed by atoms with E-state index in [0.29, 0.717) is 35.6 Å². The van der Waals surface area contributed by atoms with Crippen LogP contribution in [0.2, 0.25) is 0 Å². The minimum atomic E-state index is -0.236. The summed E-state index contributed by atoms with van der Waals surface area (Å²) >= 11 is 0. The van der Waals surface area contributed by atoms with Crippen molar-refractivity contribution in [1.82, 2.24) is 9.97 Å². The molecule has 1 aromatic heterocycles. The lowest BCUT2D eigenvalue weighted by atomic mass is 10.2. The largest absolute Gasteiger partial charge is 0.496 e. The molecule has 96 valence electrons. The van der Waals surface area contributed by atoms with Crippen molar-refractivity contribution in [3.63, 3.8) is 0 Å². The van der Waals surface area contributed by atoms with Gasteiger partial charge in [-0.3, -0.25) is 4.79 Å². The van der Waals surface area contributed by atoms with Crippen LogP contribution in [-0.4, -0.2) is 37.4 Å². The minimum absolute atomic E-state index is 0.236. The molecule has 0 atom stereocenters. The third-order valence-corrected chi connectivity index (χ3v) is 2.46. The number of aromatic amines is 1. The number of fused-ring (bicyclic) bond motifs is 1. The van der Waals surface area contributed by atoms with Crippen molar-refractivity contribution in [2.75, 3.05) is 27.4 Å². The Morgan fingerprint density at radius 2 is 2.11 bits per heavy atom. The molecular formula is C12H14N2O4. The Labute approximate surface area is 104 Å². The van der Waals surface area contributed by atoms with Gasteiger partial charge in [0.05, 0.1) is 25.6 Å². The second-order valence-electron chi connectivity index (χ2n) is 3.59. The van der Waals surface area contributed by atoms with E-state index in [1.54, 1.807) is 19.2 Å². The highest BCUT2D eigenvalue weighted by Crippen LogP contribution is 2.27. The summed E-state index contributed by atoms with van der Waals surface area (Å²) in [6, 6.07) is 3.36. The van der Waals surface area contributed by atoms with Crippen LogP contribution in [0.25, 0.3) is 10.9 Å². The monoisotopic (exact) mass is 250 g/mol. The maximum atomic E-state index is 11.7. The molecule has 1 aromatic carbocycles. The van der Waals surface area contributed by atoms with Crippen LogP contribution >= 0.6 is 0 Å². The zero-order chi connectivity index (χ0) is 13.0. The summed E-state index contributed by atoms with van der Waals surface area (Å²) in [4.78, 5) is 18.3. The molecule has 0 unspecified atom stereocenters. The van der Waals surface area contributed by atoms with Crippen LogP contribution in [-0.2, 0) is 4.74 Å². The summed E-state index contributed by atoms with van der Waals surface area (Å²) < 4.78 is 15.6. The van der Waals surface area contributed by atoms with Crippen LogP contribution in [0.15, 0.2) is 23.3 Å². The van der Waals surface area contributed by atoms with Crippen molar-refractivity contribution >= 4 is 10.9 Å². The van der Waals surface area contributed by atoms with Gasteiger partial charge < -0.3 is 19.2 Å². The highest BCUT2D eigenvalue weighted by molar-refractivity contribution is 5.85. The normalized spacial score (nSPS) is 10.6. The Kier molecular flexibility index (Phi) is 3.78. The Bertz CT molecular complexity index is 594. The fraction of sp³-hybridized carbons (Fsp3) is 0.333. The summed E-state index contributed by atoms with van der Waals surface area (Å²) in [5.74, 6) is 1.03. The number of H-pyrrole nitrogens is 1. The van der Waals surface area contributed by atoms with E-state index in [4.69, 9.17) is 14.2 Å². The quantitative estimate of drug-likeness (QED) is 0.800. The van der Waals surface area contributed by atoms with Crippen LogP contribution in [0.4, 0.5) is 0 Å². The number of methoxy groups -OCH3 is 2. The van der Waals surface area contributed by atoms with Gasteiger partial charge in [0.25, 0.3) is 5.56 Å². The predicted molar refractivity (Wildman–Crippen MR) is 66.3 cm³/mol. The Hall–Kier alpha value is -2.08. The average molecular weight is 250 g/mol. The smallest absolute Gasteiger partial charge is 0.262 e. The Balaban J connectivity index is 2.43. The number of ether oxygens (including phenoxy) is 3. The van der Waals surface area contributed by atoms with E-state index in [-0.39, 0.29) is 5.56 Å². The lowest BCUT2D eigenvalue weighted by Gasteiger charge is -2.09.